The predicted molar refractivity (Wildman–Crippen MR) is 108 cm³/mol. The van der Waals surface area contributed by atoms with Gasteiger partial charge in [-0.3, -0.25) is 4.79 Å². The molecule has 25 heavy (non-hydrogen) atoms. The van der Waals surface area contributed by atoms with Crippen LogP contribution in [0, 0.1) is 0 Å². The highest BCUT2D eigenvalue weighted by atomic mass is 79.9. The summed E-state index contributed by atoms with van der Waals surface area (Å²) < 4.78 is 4.05. The number of carbonyl (C=O) groups is 1. The highest BCUT2D eigenvalue weighted by Crippen LogP contribution is 2.25. The molecule has 4 nitrogen and oxygen atoms in total. The minimum atomic E-state index is -0.218. The Kier molecular flexibility index (Phi) is 5.39. The number of aromatic nitrogens is 1. The van der Waals surface area contributed by atoms with Gasteiger partial charge in [0.05, 0.1) is 10.2 Å². The normalized spacial score (nSPS) is 11.9. The monoisotopic (exact) mass is 417 g/mol. The molecule has 0 spiro atoms. The lowest BCUT2D eigenvalue weighted by Gasteiger charge is -2.20. The number of para-hydroxylation sites is 1. The van der Waals surface area contributed by atoms with Crippen molar-refractivity contribution >= 4 is 49.1 Å². The van der Waals surface area contributed by atoms with Crippen molar-refractivity contribution in [2.24, 2.45) is 12.0 Å². The van der Waals surface area contributed by atoms with E-state index in [9.17, 15) is 4.79 Å². The molecular formula is C19H20BrN3OS. The topological polar surface area (TPSA) is 37.6 Å². The molecule has 0 atom stereocenters. The second-order valence-corrected chi connectivity index (χ2v) is 7.53. The van der Waals surface area contributed by atoms with Gasteiger partial charge in [0, 0.05) is 35.9 Å². The zero-order valence-electron chi connectivity index (χ0n) is 14.5. The molecule has 1 heterocycles. The summed E-state index contributed by atoms with van der Waals surface area (Å²) in [4.78, 5) is 19.8. The molecule has 130 valence electrons. The number of benzene rings is 2. The first-order valence-corrected chi connectivity index (χ1v) is 9.84. The summed E-state index contributed by atoms with van der Waals surface area (Å²) >= 11 is 5.08. The van der Waals surface area contributed by atoms with E-state index in [2.05, 4.69) is 39.7 Å². The fourth-order valence-electron chi connectivity index (χ4n) is 2.82. The molecule has 0 bridgehead atoms. The number of carbonyl (C=O) groups excluding carboxylic acids is 1. The summed E-state index contributed by atoms with van der Waals surface area (Å²) in [5, 5.41) is 0. The van der Waals surface area contributed by atoms with Crippen LogP contribution in [0.3, 0.4) is 0 Å². The molecule has 3 aromatic rings. The van der Waals surface area contributed by atoms with Gasteiger partial charge in [-0.15, -0.1) is 0 Å². The molecule has 0 aliphatic rings. The van der Waals surface area contributed by atoms with Gasteiger partial charge in [0.15, 0.2) is 4.80 Å². The Morgan fingerprint density at radius 3 is 2.44 bits per heavy atom. The molecule has 0 saturated heterocycles. The third kappa shape index (κ3) is 3.55. The second-order valence-electron chi connectivity index (χ2n) is 5.67. The van der Waals surface area contributed by atoms with Gasteiger partial charge in [0.1, 0.15) is 0 Å². The smallest absolute Gasteiger partial charge is 0.279 e. The molecule has 3 rings (SSSR count). The Bertz CT molecular complexity index is 968. The van der Waals surface area contributed by atoms with Crippen LogP contribution < -0.4 is 9.70 Å². The maximum Gasteiger partial charge on any atom is 0.279 e. The number of amides is 1. The van der Waals surface area contributed by atoms with E-state index in [1.54, 1.807) is 0 Å². The molecule has 0 radical (unpaired) electrons. The molecular weight excluding hydrogens is 398 g/mol. The van der Waals surface area contributed by atoms with Crippen LogP contribution in [-0.2, 0) is 7.05 Å². The van der Waals surface area contributed by atoms with E-state index in [1.165, 1.54) is 11.3 Å². The number of nitrogens with zero attached hydrogens (tertiary/aromatic N) is 3. The first-order chi connectivity index (χ1) is 12.0. The average Bonchev–Trinajstić information content (AvgIpc) is 2.93. The molecule has 0 N–H and O–H groups in total. The van der Waals surface area contributed by atoms with Gasteiger partial charge >= 0.3 is 0 Å². The Labute approximate surface area is 159 Å². The largest absolute Gasteiger partial charge is 0.372 e. The SMILES string of the molecule is CCN(CC)c1ccc(C(=O)N=c2sc3cccc(Br)c3n2C)cc1. The van der Waals surface area contributed by atoms with Crippen LogP contribution in [0.2, 0.25) is 0 Å². The van der Waals surface area contributed by atoms with E-state index in [4.69, 9.17) is 0 Å². The van der Waals surface area contributed by atoms with Crippen molar-refractivity contribution in [3.63, 3.8) is 0 Å². The fourth-order valence-corrected chi connectivity index (χ4v) is 4.63. The number of anilines is 1. The van der Waals surface area contributed by atoms with Crippen LogP contribution in [0.25, 0.3) is 10.2 Å². The zero-order valence-corrected chi connectivity index (χ0v) is 16.9. The molecule has 1 aromatic heterocycles. The summed E-state index contributed by atoms with van der Waals surface area (Å²) in [6, 6.07) is 13.7. The van der Waals surface area contributed by atoms with Crippen molar-refractivity contribution < 1.29 is 4.79 Å². The quantitative estimate of drug-likeness (QED) is 0.622. The summed E-state index contributed by atoms with van der Waals surface area (Å²) in [7, 11) is 1.93. The minimum Gasteiger partial charge on any atom is -0.372 e. The number of hydrogen-bond donors (Lipinski definition) is 0. The Hall–Kier alpha value is -1.92. The number of aryl methyl sites for hydroxylation is 1. The molecule has 6 heteroatoms. The number of rotatable bonds is 4. The maximum absolute atomic E-state index is 12.5. The Balaban J connectivity index is 1.95. The molecule has 2 aromatic carbocycles. The van der Waals surface area contributed by atoms with Gasteiger partial charge in [-0.05, 0) is 66.2 Å². The molecule has 1 amide bonds. The van der Waals surface area contributed by atoms with E-state index in [0.717, 1.165) is 33.5 Å². The van der Waals surface area contributed by atoms with E-state index < -0.39 is 0 Å². The fraction of sp³-hybridized carbons (Fsp3) is 0.263. The number of thiazole rings is 1. The average molecular weight is 418 g/mol. The first-order valence-electron chi connectivity index (χ1n) is 8.23. The molecule has 0 aliphatic carbocycles. The number of fused-ring (bicyclic) bond motifs is 1. The second kappa shape index (κ2) is 7.54. The predicted octanol–water partition coefficient (Wildman–Crippen LogP) is 4.59. The van der Waals surface area contributed by atoms with Crippen LogP contribution in [0.1, 0.15) is 24.2 Å². The Morgan fingerprint density at radius 1 is 1.16 bits per heavy atom. The zero-order chi connectivity index (χ0) is 18.0. The van der Waals surface area contributed by atoms with Gasteiger partial charge < -0.3 is 9.47 Å². The third-order valence-electron chi connectivity index (χ3n) is 4.21. The van der Waals surface area contributed by atoms with Crippen LogP contribution >= 0.6 is 27.3 Å². The van der Waals surface area contributed by atoms with Crippen LogP contribution in [0.5, 0.6) is 0 Å². The summed E-state index contributed by atoms with van der Waals surface area (Å²) in [6.45, 7) is 6.14. The highest BCUT2D eigenvalue weighted by Gasteiger charge is 2.10. The van der Waals surface area contributed by atoms with E-state index in [1.807, 2.05) is 54.1 Å². The first kappa shape index (κ1) is 17.9. The maximum atomic E-state index is 12.5. The summed E-state index contributed by atoms with van der Waals surface area (Å²) in [5.41, 5.74) is 2.78. The van der Waals surface area contributed by atoms with Gasteiger partial charge in [0.2, 0.25) is 0 Å². The summed E-state index contributed by atoms with van der Waals surface area (Å²) in [5.74, 6) is -0.218. The Morgan fingerprint density at radius 2 is 1.84 bits per heavy atom. The molecule has 0 saturated carbocycles. The number of hydrogen-bond acceptors (Lipinski definition) is 3. The van der Waals surface area contributed by atoms with E-state index >= 15 is 0 Å². The third-order valence-corrected chi connectivity index (χ3v) is 5.95. The van der Waals surface area contributed by atoms with Gasteiger partial charge in [-0.1, -0.05) is 17.4 Å². The number of halogens is 1. The lowest BCUT2D eigenvalue weighted by Crippen LogP contribution is -2.21. The van der Waals surface area contributed by atoms with Gasteiger partial charge in [0.25, 0.3) is 5.91 Å². The van der Waals surface area contributed by atoms with Crippen molar-refractivity contribution in [2.45, 2.75) is 13.8 Å². The van der Waals surface area contributed by atoms with Crippen molar-refractivity contribution in [3.05, 3.63) is 57.3 Å². The molecule has 0 fully saturated rings. The van der Waals surface area contributed by atoms with Crippen LogP contribution in [0.4, 0.5) is 5.69 Å². The van der Waals surface area contributed by atoms with Crippen molar-refractivity contribution in [2.75, 3.05) is 18.0 Å². The van der Waals surface area contributed by atoms with Crippen molar-refractivity contribution in [1.82, 2.24) is 4.57 Å². The van der Waals surface area contributed by atoms with Gasteiger partial charge in [-0.25, -0.2) is 0 Å². The van der Waals surface area contributed by atoms with Crippen LogP contribution in [0.15, 0.2) is 51.9 Å². The minimum absolute atomic E-state index is 0.218. The van der Waals surface area contributed by atoms with E-state index in [-0.39, 0.29) is 5.91 Å². The van der Waals surface area contributed by atoms with Gasteiger partial charge in [-0.2, -0.15) is 4.99 Å². The van der Waals surface area contributed by atoms with Crippen molar-refractivity contribution in [1.29, 1.82) is 0 Å². The van der Waals surface area contributed by atoms with Crippen LogP contribution in [-0.4, -0.2) is 23.6 Å². The summed E-state index contributed by atoms with van der Waals surface area (Å²) in [6.07, 6.45) is 0. The molecule has 0 aliphatic heterocycles. The molecule has 0 unspecified atom stereocenters. The highest BCUT2D eigenvalue weighted by molar-refractivity contribution is 9.10. The lowest BCUT2D eigenvalue weighted by molar-refractivity contribution is 0.0998. The standard InChI is InChI=1S/C19H20BrN3OS/c1-4-23(5-2)14-11-9-13(10-12-14)18(24)21-19-22(3)17-15(20)7-6-8-16(17)25-19/h6-12H,4-5H2,1-3H3. The van der Waals surface area contributed by atoms with E-state index in [0.29, 0.717) is 10.4 Å². The van der Waals surface area contributed by atoms with Crippen molar-refractivity contribution in [3.8, 4) is 0 Å². The lowest BCUT2D eigenvalue weighted by atomic mass is 10.2.